The summed E-state index contributed by atoms with van der Waals surface area (Å²) >= 11 is 6.25. The number of H-pyrrole nitrogens is 1. The van der Waals surface area contributed by atoms with Crippen molar-refractivity contribution in [3.8, 4) is 16.9 Å². The van der Waals surface area contributed by atoms with E-state index in [1.807, 2.05) is 31.2 Å². The fourth-order valence-corrected chi connectivity index (χ4v) is 5.50. The minimum atomic E-state index is -0.512. The first-order valence-electron chi connectivity index (χ1n) is 16.5. The first-order valence-corrected chi connectivity index (χ1v) is 16.9. The molecule has 0 radical (unpaired) electrons. The van der Waals surface area contributed by atoms with E-state index in [2.05, 4.69) is 34.1 Å². The zero-order chi connectivity index (χ0) is 33.2. The summed E-state index contributed by atoms with van der Waals surface area (Å²) in [5, 5.41) is 4.36. The number of nitrogens with one attached hydrogen (secondary N) is 2. The predicted molar refractivity (Wildman–Crippen MR) is 190 cm³/mol. The van der Waals surface area contributed by atoms with E-state index in [9.17, 15) is 4.79 Å². The molecule has 1 aliphatic carbocycles. The molecule has 2 atom stereocenters. The van der Waals surface area contributed by atoms with Crippen LogP contribution in [0.1, 0.15) is 89.8 Å². The zero-order valence-electron chi connectivity index (χ0n) is 27.6. The Labute approximate surface area is 276 Å². The van der Waals surface area contributed by atoms with Crippen LogP contribution in [-0.4, -0.2) is 39.5 Å². The highest BCUT2D eigenvalue weighted by Crippen LogP contribution is 2.31. The molecule has 4 aromatic rings. The lowest BCUT2D eigenvalue weighted by Gasteiger charge is -2.19. The molecule has 2 heterocycles. The van der Waals surface area contributed by atoms with E-state index in [4.69, 9.17) is 23.1 Å². The monoisotopic (exact) mass is 649 g/mol. The lowest BCUT2D eigenvalue weighted by molar-refractivity contribution is 0.490. The van der Waals surface area contributed by atoms with Gasteiger partial charge in [0.2, 0.25) is 0 Å². The molecule has 2 aromatic heterocycles. The first kappa shape index (κ1) is 35.3. The Bertz CT molecular complexity index is 1650. The summed E-state index contributed by atoms with van der Waals surface area (Å²) in [6.07, 6.45) is 10.1. The number of rotatable bonds is 14. The van der Waals surface area contributed by atoms with Gasteiger partial charge in [-0.2, -0.15) is 4.98 Å². The highest BCUT2D eigenvalue weighted by Gasteiger charge is 2.16. The fourth-order valence-electron chi connectivity index (χ4n) is 5.26. The summed E-state index contributed by atoms with van der Waals surface area (Å²) in [6.45, 7) is 9.74. The molecule has 6 N–H and O–H groups in total. The van der Waals surface area contributed by atoms with Gasteiger partial charge >= 0.3 is 5.69 Å². The Morgan fingerprint density at radius 1 is 1.20 bits per heavy atom. The second kappa shape index (κ2) is 16.9. The Morgan fingerprint density at radius 3 is 2.54 bits per heavy atom. The van der Waals surface area contributed by atoms with E-state index in [0.29, 0.717) is 40.4 Å². The Kier molecular flexibility index (Phi) is 12.9. The van der Waals surface area contributed by atoms with Crippen molar-refractivity contribution < 1.29 is 4.39 Å². The summed E-state index contributed by atoms with van der Waals surface area (Å²) in [7, 11) is 0. The van der Waals surface area contributed by atoms with Gasteiger partial charge in [0, 0.05) is 35.8 Å². The minimum absolute atomic E-state index is 0.0598. The molecule has 46 heavy (non-hydrogen) atoms. The smallest absolute Gasteiger partial charge is 0.354 e. The molecule has 1 fully saturated rings. The predicted octanol–water partition coefficient (Wildman–Crippen LogP) is 7.46. The molecule has 0 saturated heterocycles. The van der Waals surface area contributed by atoms with Crippen LogP contribution >= 0.6 is 11.6 Å². The molecular formula is C36H49ClFN7O. The van der Waals surface area contributed by atoms with Gasteiger partial charge in [0.15, 0.2) is 5.82 Å². The van der Waals surface area contributed by atoms with Crippen molar-refractivity contribution in [2.45, 2.75) is 91.1 Å². The topological polar surface area (TPSA) is 127 Å². The van der Waals surface area contributed by atoms with E-state index in [1.54, 1.807) is 31.3 Å². The SMILES string of the molecule is CC1CC1.CCCC(NCCCN=C(C)N)c1ccc(-n2cc3cc(-c4cc(CCCC(C)N)cc(Cl)c4F)[nH]c3nc2=O)cc1. The van der Waals surface area contributed by atoms with Crippen LogP contribution in [0.4, 0.5) is 4.39 Å². The molecule has 1 aliphatic rings. The number of nitrogens with two attached hydrogens (primary N) is 2. The highest BCUT2D eigenvalue weighted by atomic mass is 35.5. The van der Waals surface area contributed by atoms with Crippen molar-refractivity contribution in [2.24, 2.45) is 22.4 Å². The molecule has 2 aromatic carbocycles. The van der Waals surface area contributed by atoms with E-state index >= 15 is 4.39 Å². The van der Waals surface area contributed by atoms with Gasteiger partial charge in [-0.3, -0.25) is 9.56 Å². The van der Waals surface area contributed by atoms with Gasteiger partial charge < -0.3 is 21.8 Å². The largest absolute Gasteiger partial charge is 0.388 e. The number of nitrogens with zero attached hydrogens (tertiary/aromatic N) is 3. The molecule has 0 amide bonds. The molecular weight excluding hydrogens is 601 g/mol. The highest BCUT2D eigenvalue weighted by molar-refractivity contribution is 6.31. The van der Waals surface area contributed by atoms with E-state index in [-0.39, 0.29) is 17.1 Å². The Balaban J connectivity index is 0.00000111. The maximum absolute atomic E-state index is 15.1. The van der Waals surface area contributed by atoms with Gasteiger partial charge in [-0.15, -0.1) is 0 Å². The molecule has 2 unspecified atom stereocenters. The first-order chi connectivity index (χ1) is 22.0. The number of hydrogen-bond donors (Lipinski definition) is 4. The van der Waals surface area contributed by atoms with Crippen molar-refractivity contribution >= 4 is 28.5 Å². The molecule has 0 spiro atoms. The lowest BCUT2D eigenvalue weighted by Crippen LogP contribution is -2.23. The summed E-state index contributed by atoms with van der Waals surface area (Å²) < 4.78 is 16.6. The summed E-state index contributed by atoms with van der Waals surface area (Å²) in [5.74, 6) is 1.17. The number of amidine groups is 1. The summed E-state index contributed by atoms with van der Waals surface area (Å²) in [5.41, 5.74) is 15.1. The van der Waals surface area contributed by atoms with Gasteiger partial charge in [0.25, 0.3) is 0 Å². The van der Waals surface area contributed by atoms with Crippen molar-refractivity contribution in [3.05, 3.63) is 81.1 Å². The third-order valence-electron chi connectivity index (χ3n) is 8.11. The zero-order valence-corrected chi connectivity index (χ0v) is 28.3. The van der Waals surface area contributed by atoms with Crippen molar-refractivity contribution in [2.75, 3.05) is 13.1 Å². The van der Waals surface area contributed by atoms with Crippen LogP contribution < -0.4 is 22.5 Å². The molecule has 1 saturated carbocycles. The summed E-state index contributed by atoms with van der Waals surface area (Å²) in [4.78, 5) is 24.6. The molecule has 10 heteroatoms. The maximum Gasteiger partial charge on any atom is 0.354 e. The number of hydrogen-bond acceptors (Lipinski definition) is 5. The second-order valence-electron chi connectivity index (χ2n) is 12.6. The van der Waals surface area contributed by atoms with Gasteiger partial charge in [-0.05, 0) is 99.9 Å². The number of fused-ring (bicyclic) bond motifs is 1. The third kappa shape index (κ3) is 10.2. The van der Waals surface area contributed by atoms with E-state index in [1.165, 1.54) is 17.4 Å². The number of aryl methyl sites for hydroxylation is 1. The number of aromatic amines is 1. The minimum Gasteiger partial charge on any atom is -0.388 e. The second-order valence-corrected chi connectivity index (χ2v) is 13.0. The quantitative estimate of drug-likeness (QED) is 0.0641. The van der Waals surface area contributed by atoms with Crippen LogP contribution in [0.3, 0.4) is 0 Å². The van der Waals surface area contributed by atoms with Crippen LogP contribution in [0, 0.1) is 11.7 Å². The Hall–Kier alpha value is -3.53. The van der Waals surface area contributed by atoms with Gasteiger partial charge in [-0.25, -0.2) is 9.18 Å². The number of halogens is 2. The Morgan fingerprint density at radius 2 is 1.91 bits per heavy atom. The maximum atomic E-state index is 15.1. The third-order valence-corrected chi connectivity index (χ3v) is 8.39. The van der Waals surface area contributed by atoms with Crippen LogP contribution in [-0.2, 0) is 6.42 Å². The molecule has 0 bridgehead atoms. The average molecular weight is 650 g/mol. The fraction of sp³-hybridized carbons (Fsp3) is 0.472. The van der Waals surface area contributed by atoms with Crippen LogP contribution in [0.15, 0.2) is 58.4 Å². The molecule has 248 valence electrons. The van der Waals surface area contributed by atoms with Gasteiger partial charge in [-0.1, -0.05) is 56.8 Å². The van der Waals surface area contributed by atoms with Crippen LogP contribution in [0.25, 0.3) is 28.0 Å². The van der Waals surface area contributed by atoms with Gasteiger partial charge in [0.1, 0.15) is 5.65 Å². The normalized spacial score (nSPS) is 14.6. The van der Waals surface area contributed by atoms with Crippen molar-refractivity contribution in [1.82, 2.24) is 19.9 Å². The van der Waals surface area contributed by atoms with Crippen LogP contribution in [0.5, 0.6) is 0 Å². The molecule has 0 aliphatic heterocycles. The average Bonchev–Trinajstić information content (AvgIpc) is 3.69. The van der Waals surface area contributed by atoms with Gasteiger partial charge in [0.05, 0.1) is 22.2 Å². The lowest BCUT2D eigenvalue weighted by atomic mass is 10.0. The van der Waals surface area contributed by atoms with Crippen molar-refractivity contribution in [3.63, 3.8) is 0 Å². The summed E-state index contributed by atoms with van der Waals surface area (Å²) in [6, 6.07) is 13.5. The molecule has 8 nitrogen and oxygen atoms in total. The van der Waals surface area contributed by atoms with Crippen LogP contribution in [0.2, 0.25) is 5.02 Å². The number of benzene rings is 2. The van der Waals surface area contributed by atoms with Crippen molar-refractivity contribution in [1.29, 1.82) is 0 Å². The van der Waals surface area contributed by atoms with E-state index in [0.717, 1.165) is 62.1 Å². The number of aliphatic imine (C=N–C) groups is 1. The standard InChI is InChI=1S/C32H41ClFN7O.C4H8/c1-4-7-28(38-15-6-14-37-21(3)36)23-10-12-25(13-11-23)41-19-24-18-29(39-31(24)40-32(41)42)26-16-22(9-5-8-20(2)35)17-27(33)30(26)34;1-4-2-3-4/h10-13,16-20,28,38H,4-9,14-15,35H2,1-3H3,(H2,36,37)(H,39,40,42);4H,2-3H2,1H3. The van der Waals surface area contributed by atoms with E-state index < -0.39 is 11.5 Å². The molecule has 5 rings (SSSR count). The number of aromatic nitrogens is 3.